The van der Waals surface area contributed by atoms with E-state index in [1.807, 2.05) is 6.07 Å². The molecular weight excluding hydrogens is 262 g/mol. The number of rotatable bonds is 1. The van der Waals surface area contributed by atoms with Gasteiger partial charge >= 0.3 is 12.1 Å². The van der Waals surface area contributed by atoms with Gasteiger partial charge in [0, 0.05) is 25.2 Å². The van der Waals surface area contributed by atoms with Crippen molar-refractivity contribution in [3.05, 3.63) is 23.8 Å². The summed E-state index contributed by atoms with van der Waals surface area (Å²) in [6.07, 6.45) is -0.0775. The van der Waals surface area contributed by atoms with Gasteiger partial charge in [0.25, 0.3) is 0 Å². The average molecular weight is 275 g/mol. The van der Waals surface area contributed by atoms with Crippen LogP contribution >= 0.6 is 0 Å². The number of benzene rings is 1. The van der Waals surface area contributed by atoms with E-state index in [9.17, 15) is 14.4 Å². The van der Waals surface area contributed by atoms with E-state index in [0.717, 1.165) is 5.56 Å². The zero-order valence-corrected chi connectivity index (χ0v) is 10.6. The second-order valence-electron chi connectivity index (χ2n) is 4.75. The van der Waals surface area contributed by atoms with E-state index in [-0.39, 0.29) is 12.3 Å². The summed E-state index contributed by atoms with van der Waals surface area (Å²) in [5.41, 5.74) is 2.24. The number of urea groups is 1. The Kier molecular flexibility index (Phi) is 2.81. The molecule has 7 heteroatoms. The fourth-order valence-electron chi connectivity index (χ4n) is 2.57. The summed E-state index contributed by atoms with van der Waals surface area (Å²) < 4.78 is 0. The van der Waals surface area contributed by atoms with Crippen molar-refractivity contribution in [2.24, 2.45) is 0 Å². The van der Waals surface area contributed by atoms with E-state index < -0.39 is 12.1 Å². The van der Waals surface area contributed by atoms with Gasteiger partial charge in [-0.25, -0.2) is 9.59 Å². The van der Waals surface area contributed by atoms with Gasteiger partial charge < -0.3 is 5.11 Å². The standard InChI is InChI=1S/C13H13N3O4/c17-11-4-6-15(12(18)14-11)9-1-2-10-8(7-9)3-5-16(10)13(19)20/h1-2,7H,3-6H2,(H,19,20)(H,14,17,18). The number of nitrogens with zero attached hydrogens (tertiary/aromatic N) is 2. The van der Waals surface area contributed by atoms with Crippen LogP contribution < -0.4 is 15.1 Å². The van der Waals surface area contributed by atoms with Gasteiger partial charge in [-0.05, 0) is 30.2 Å². The highest BCUT2D eigenvalue weighted by Crippen LogP contribution is 2.32. The first kappa shape index (κ1) is 12.5. The summed E-state index contributed by atoms with van der Waals surface area (Å²) in [6.45, 7) is 0.769. The molecule has 20 heavy (non-hydrogen) atoms. The normalized spacial score (nSPS) is 18.0. The van der Waals surface area contributed by atoms with E-state index in [0.29, 0.717) is 30.9 Å². The molecule has 1 aromatic carbocycles. The minimum Gasteiger partial charge on any atom is -0.465 e. The molecule has 2 N–H and O–H groups in total. The van der Waals surface area contributed by atoms with Crippen molar-refractivity contribution >= 4 is 29.4 Å². The molecule has 1 saturated heterocycles. The smallest absolute Gasteiger partial charge is 0.411 e. The minimum atomic E-state index is -0.974. The van der Waals surface area contributed by atoms with Gasteiger partial charge in [0.05, 0.1) is 5.69 Å². The Balaban J connectivity index is 1.89. The van der Waals surface area contributed by atoms with Crippen LogP contribution in [0.25, 0.3) is 0 Å². The Labute approximate surface area is 114 Å². The van der Waals surface area contributed by atoms with Crippen LogP contribution in [-0.2, 0) is 11.2 Å². The first-order valence-corrected chi connectivity index (χ1v) is 6.31. The highest BCUT2D eigenvalue weighted by molar-refractivity contribution is 6.05. The van der Waals surface area contributed by atoms with Gasteiger partial charge in [0.1, 0.15) is 0 Å². The summed E-state index contributed by atoms with van der Waals surface area (Å²) in [6, 6.07) is 4.79. The molecule has 2 aliphatic heterocycles. The van der Waals surface area contributed by atoms with Gasteiger partial charge in [0.15, 0.2) is 0 Å². The zero-order valence-electron chi connectivity index (χ0n) is 10.6. The minimum absolute atomic E-state index is 0.268. The number of fused-ring (bicyclic) bond motifs is 1. The van der Waals surface area contributed by atoms with Crippen molar-refractivity contribution in [1.82, 2.24) is 5.32 Å². The SMILES string of the molecule is O=C1CCN(c2ccc3c(c2)CCN3C(=O)O)C(=O)N1. The van der Waals surface area contributed by atoms with Crippen LogP contribution in [0.4, 0.5) is 21.0 Å². The summed E-state index contributed by atoms with van der Waals surface area (Å²) in [5.74, 6) is -0.274. The second-order valence-corrected chi connectivity index (χ2v) is 4.75. The van der Waals surface area contributed by atoms with Crippen molar-refractivity contribution in [3.63, 3.8) is 0 Å². The van der Waals surface area contributed by atoms with E-state index in [4.69, 9.17) is 5.11 Å². The van der Waals surface area contributed by atoms with Crippen LogP contribution in [0.1, 0.15) is 12.0 Å². The number of hydrogen-bond acceptors (Lipinski definition) is 3. The third kappa shape index (κ3) is 1.97. The maximum absolute atomic E-state index is 11.8. The van der Waals surface area contributed by atoms with Crippen molar-refractivity contribution in [2.45, 2.75) is 12.8 Å². The predicted octanol–water partition coefficient (Wildman–Crippen LogP) is 1.17. The Morgan fingerprint density at radius 3 is 2.70 bits per heavy atom. The maximum atomic E-state index is 11.8. The fourth-order valence-corrected chi connectivity index (χ4v) is 2.57. The molecule has 4 amide bonds. The van der Waals surface area contributed by atoms with Crippen molar-refractivity contribution in [3.8, 4) is 0 Å². The Hall–Kier alpha value is -2.57. The molecule has 0 spiro atoms. The van der Waals surface area contributed by atoms with Gasteiger partial charge in [-0.15, -0.1) is 0 Å². The van der Waals surface area contributed by atoms with Crippen LogP contribution in [0, 0.1) is 0 Å². The highest BCUT2D eigenvalue weighted by atomic mass is 16.4. The first-order chi connectivity index (χ1) is 9.56. The zero-order chi connectivity index (χ0) is 14.3. The molecule has 0 aliphatic carbocycles. The molecule has 2 heterocycles. The molecule has 0 radical (unpaired) electrons. The van der Waals surface area contributed by atoms with Crippen LogP contribution in [-0.4, -0.2) is 36.2 Å². The molecule has 104 valence electrons. The molecule has 2 aliphatic rings. The Morgan fingerprint density at radius 2 is 2.00 bits per heavy atom. The van der Waals surface area contributed by atoms with E-state index in [1.165, 1.54) is 9.80 Å². The van der Waals surface area contributed by atoms with Gasteiger partial charge in [-0.3, -0.25) is 19.9 Å². The Morgan fingerprint density at radius 1 is 1.20 bits per heavy atom. The van der Waals surface area contributed by atoms with Gasteiger partial charge in [0.2, 0.25) is 5.91 Å². The molecule has 0 unspecified atom stereocenters. The van der Waals surface area contributed by atoms with Crippen LogP contribution in [0.5, 0.6) is 0 Å². The van der Waals surface area contributed by atoms with Crippen molar-refractivity contribution in [2.75, 3.05) is 22.9 Å². The average Bonchev–Trinajstić information content (AvgIpc) is 2.81. The lowest BCUT2D eigenvalue weighted by atomic mass is 10.1. The summed E-state index contributed by atoms with van der Waals surface area (Å²) in [4.78, 5) is 36.7. The summed E-state index contributed by atoms with van der Waals surface area (Å²) in [5, 5.41) is 11.3. The van der Waals surface area contributed by atoms with Gasteiger partial charge in [-0.1, -0.05) is 0 Å². The number of nitrogens with one attached hydrogen (secondary N) is 1. The molecule has 7 nitrogen and oxygen atoms in total. The third-order valence-electron chi connectivity index (χ3n) is 3.56. The molecule has 1 fully saturated rings. The van der Waals surface area contributed by atoms with Crippen LogP contribution in [0.15, 0.2) is 18.2 Å². The molecule has 3 rings (SSSR count). The van der Waals surface area contributed by atoms with E-state index >= 15 is 0 Å². The van der Waals surface area contributed by atoms with Crippen LogP contribution in [0.2, 0.25) is 0 Å². The number of carbonyl (C=O) groups excluding carboxylic acids is 2. The highest BCUT2D eigenvalue weighted by Gasteiger charge is 2.28. The van der Waals surface area contributed by atoms with E-state index in [2.05, 4.69) is 5.32 Å². The lowest BCUT2D eigenvalue weighted by Crippen LogP contribution is -2.49. The van der Waals surface area contributed by atoms with Crippen LogP contribution in [0.3, 0.4) is 0 Å². The summed E-state index contributed by atoms with van der Waals surface area (Å²) in [7, 11) is 0. The van der Waals surface area contributed by atoms with Crippen molar-refractivity contribution < 1.29 is 19.5 Å². The molecule has 0 atom stereocenters. The summed E-state index contributed by atoms with van der Waals surface area (Å²) >= 11 is 0. The van der Waals surface area contributed by atoms with Gasteiger partial charge in [-0.2, -0.15) is 0 Å². The largest absolute Gasteiger partial charge is 0.465 e. The third-order valence-corrected chi connectivity index (χ3v) is 3.56. The number of imide groups is 1. The maximum Gasteiger partial charge on any atom is 0.411 e. The number of hydrogen-bond donors (Lipinski definition) is 2. The molecule has 1 aromatic rings. The molecule has 0 saturated carbocycles. The lowest BCUT2D eigenvalue weighted by Gasteiger charge is -2.27. The first-order valence-electron chi connectivity index (χ1n) is 6.31. The number of amides is 4. The molecular formula is C13H13N3O4. The lowest BCUT2D eigenvalue weighted by molar-refractivity contribution is -0.120. The number of carboxylic acid groups (broad SMARTS) is 1. The Bertz CT molecular complexity index is 614. The topological polar surface area (TPSA) is 90.0 Å². The quantitative estimate of drug-likeness (QED) is 0.805. The predicted molar refractivity (Wildman–Crippen MR) is 71.0 cm³/mol. The fraction of sp³-hybridized carbons (Fsp3) is 0.308. The van der Waals surface area contributed by atoms with E-state index in [1.54, 1.807) is 12.1 Å². The monoisotopic (exact) mass is 275 g/mol. The number of carbonyl (C=O) groups is 3. The molecule has 0 bridgehead atoms. The second kappa shape index (κ2) is 4.52. The van der Waals surface area contributed by atoms with Crippen molar-refractivity contribution in [1.29, 1.82) is 0 Å². The molecule has 0 aromatic heterocycles. The number of anilines is 2.